The van der Waals surface area contributed by atoms with Crippen LogP contribution in [-0.4, -0.2) is 0 Å². The van der Waals surface area contributed by atoms with Crippen LogP contribution < -0.4 is 5.73 Å². The molecule has 0 aliphatic heterocycles. The summed E-state index contributed by atoms with van der Waals surface area (Å²) in [5, 5.41) is 0. The first-order chi connectivity index (χ1) is 18.0. The fourth-order valence-electron chi connectivity index (χ4n) is 4.94. The Kier molecular flexibility index (Phi) is 8.18. The molecule has 3 aromatic carbocycles. The van der Waals surface area contributed by atoms with Crippen LogP contribution in [0, 0.1) is 6.92 Å². The average Bonchev–Trinajstić information content (AvgIpc) is 2.81. The molecule has 0 bridgehead atoms. The molecule has 0 saturated carbocycles. The van der Waals surface area contributed by atoms with Gasteiger partial charge in [-0.3, -0.25) is 0 Å². The van der Waals surface area contributed by atoms with Crippen molar-refractivity contribution in [3.05, 3.63) is 112 Å². The van der Waals surface area contributed by atoms with E-state index in [2.05, 4.69) is 152 Å². The zero-order valence-electron chi connectivity index (χ0n) is 27.6. The smallest absolute Gasteiger partial charge is 0.0473 e. The molecule has 3 aromatic rings. The Hall–Kier alpha value is -3.06. The Balaban J connectivity index is 2.21. The summed E-state index contributed by atoms with van der Waals surface area (Å²) in [6.07, 6.45) is 0. The zero-order chi connectivity index (χ0) is 30.6. The van der Waals surface area contributed by atoms with Crippen LogP contribution in [0.15, 0.2) is 61.7 Å². The molecule has 0 heterocycles. The monoisotopic (exact) mass is 535 g/mol. The predicted octanol–water partition coefficient (Wildman–Crippen LogP) is 10.9. The van der Waals surface area contributed by atoms with Gasteiger partial charge in [-0.15, -0.1) is 0 Å². The van der Waals surface area contributed by atoms with E-state index in [0.717, 1.165) is 44.7 Å². The Labute approximate surface area is 245 Å². The van der Waals surface area contributed by atoms with E-state index >= 15 is 0 Å². The summed E-state index contributed by atoms with van der Waals surface area (Å²) in [6, 6.07) is 18.2. The van der Waals surface area contributed by atoms with Crippen molar-refractivity contribution < 1.29 is 0 Å². The number of rotatable bonds is 4. The van der Waals surface area contributed by atoms with Gasteiger partial charge in [0.1, 0.15) is 0 Å². The van der Waals surface area contributed by atoms with Crippen LogP contribution in [0.1, 0.15) is 133 Å². The normalized spacial score (nSPS) is 12.9. The Morgan fingerprint density at radius 1 is 0.475 bits per heavy atom. The molecule has 0 radical (unpaired) electrons. The van der Waals surface area contributed by atoms with E-state index in [1.165, 1.54) is 22.3 Å². The molecular formula is C39H53N. The number of benzene rings is 3. The van der Waals surface area contributed by atoms with Crippen LogP contribution in [0.4, 0.5) is 5.69 Å². The number of anilines is 1. The predicted molar refractivity (Wildman–Crippen MR) is 180 cm³/mol. The lowest BCUT2D eigenvalue weighted by molar-refractivity contribution is 0.567. The summed E-state index contributed by atoms with van der Waals surface area (Å²) in [6.45, 7) is 38.5. The van der Waals surface area contributed by atoms with Gasteiger partial charge in [-0.05, 0) is 90.8 Å². The van der Waals surface area contributed by atoms with Gasteiger partial charge < -0.3 is 5.73 Å². The van der Waals surface area contributed by atoms with Crippen molar-refractivity contribution in [3.63, 3.8) is 0 Å². The number of hydrogen-bond acceptors (Lipinski definition) is 1. The largest absolute Gasteiger partial charge is 0.398 e. The molecule has 0 fully saturated rings. The molecular weight excluding hydrogens is 482 g/mol. The second-order valence-corrected chi connectivity index (χ2v) is 15.8. The van der Waals surface area contributed by atoms with E-state index < -0.39 is 0 Å². The molecule has 0 aromatic heterocycles. The minimum Gasteiger partial charge on any atom is -0.398 e. The molecule has 214 valence electrons. The molecule has 0 amide bonds. The Morgan fingerprint density at radius 2 is 0.725 bits per heavy atom. The zero-order valence-corrected chi connectivity index (χ0v) is 27.6. The van der Waals surface area contributed by atoms with E-state index in [1.807, 2.05) is 0 Å². The Bertz CT molecular complexity index is 1280. The SMILES string of the molecule is C=C(c1cc(C(C)(C)C)cc(C(C)(C)C)c1)c1cc(C)cc(C(=C)c2cc(C(C)(C)C)cc(C(C)(C)C)c2)c1N. The third-order valence-electron chi connectivity index (χ3n) is 8.00. The van der Waals surface area contributed by atoms with Crippen LogP contribution in [-0.2, 0) is 21.7 Å². The molecule has 40 heavy (non-hydrogen) atoms. The highest BCUT2D eigenvalue weighted by Gasteiger charge is 2.24. The van der Waals surface area contributed by atoms with Crippen molar-refractivity contribution >= 4 is 16.8 Å². The number of nitrogens with two attached hydrogens (primary N) is 1. The summed E-state index contributed by atoms with van der Waals surface area (Å²) >= 11 is 0. The second kappa shape index (κ2) is 10.4. The maximum Gasteiger partial charge on any atom is 0.0473 e. The Morgan fingerprint density at radius 3 is 0.950 bits per heavy atom. The average molecular weight is 536 g/mol. The first kappa shape index (κ1) is 31.5. The highest BCUT2D eigenvalue weighted by atomic mass is 14.6. The molecule has 1 nitrogen and oxygen atoms in total. The van der Waals surface area contributed by atoms with Crippen molar-refractivity contribution in [2.45, 2.75) is 112 Å². The molecule has 0 spiro atoms. The maximum absolute atomic E-state index is 7.00. The van der Waals surface area contributed by atoms with Gasteiger partial charge in [0, 0.05) is 16.8 Å². The van der Waals surface area contributed by atoms with Gasteiger partial charge in [0.2, 0.25) is 0 Å². The molecule has 3 rings (SSSR count). The van der Waals surface area contributed by atoms with E-state index in [-0.39, 0.29) is 21.7 Å². The summed E-state index contributed by atoms with van der Waals surface area (Å²) in [4.78, 5) is 0. The van der Waals surface area contributed by atoms with Gasteiger partial charge in [0.25, 0.3) is 0 Å². The van der Waals surface area contributed by atoms with E-state index in [4.69, 9.17) is 5.73 Å². The summed E-state index contributed by atoms with van der Waals surface area (Å²) in [5.74, 6) is 0. The van der Waals surface area contributed by atoms with Crippen LogP contribution in [0.5, 0.6) is 0 Å². The van der Waals surface area contributed by atoms with Crippen LogP contribution in [0.25, 0.3) is 11.1 Å². The van der Waals surface area contributed by atoms with Gasteiger partial charge in [-0.1, -0.05) is 133 Å². The van der Waals surface area contributed by atoms with E-state index in [1.54, 1.807) is 0 Å². The summed E-state index contributed by atoms with van der Waals surface area (Å²) < 4.78 is 0. The van der Waals surface area contributed by atoms with Crippen molar-refractivity contribution in [2.24, 2.45) is 0 Å². The lowest BCUT2D eigenvalue weighted by Gasteiger charge is -2.27. The second-order valence-electron chi connectivity index (χ2n) is 15.8. The molecule has 1 heteroatoms. The fourth-order valence-corrected chi connectivity index (χ4v) is 4.94. The highest BCUT2D eigenvalue weighted by molar-refractivity contribution is 5.93. The van der Waals surface area contributed by atoms with Crippen molar-refractivity contribution in [1.82, 2.24) is 0 Å². The van der Waals surface area contributed by atoms with Crippen LogP contribution in [0.3, 0.4) is 0 Å². The van der Waals surface area contributed by atoms with Crippen molar-refractivity contribution in [2.75, 3.05) is 5.73 Å². The molecule has 0 unspecified atom stereocenters. The number of nitrogen functional groups attached to an aromatic ring is 1. The minimum absolute atomic E-state index is 0.0245. The van der Waals surface area contributed by atoms with Gasteiger partial charge in [-0.25, -0.2) is 0 Å². The molecule has 0 atom stereocenters. The van der Waals surface area contributed by atoms with E-state index in [0.29, 0.717) is 0 Å². The standard InChI is InChI=1S/C39H53N/c1-24-16-33(25(2)27-18-29(36(4,5)6)22-30(19-27)37(7,8)9)35(40)34(17-24)26(3)28-20-31(38(10,11)12)23-32(21-28)39(13,14)15/h16-23H,2-3,40H2,1,4-15H3. The molecule has 2 N–H and O–H groups in total. The third kappa shape index (κ3) is 6.80. The first-order valence-corrected chi connectivity index (χ1v) is 14.6. The molecule has 0 aliphatic rings. The van der Waals surface area contributed by atoms with Gasteiger partial charge in [0.15, 0.2) is 0 Å². The minimum atomic E-state index is 0.0245. The fraction of sp³-hybridized carbons (Fsp3) is 0.436. The molecule has 0 saturated heterocycles. The summed E-state index contributed by atoms with van der Waals surface area (Å²) in [5.41, 5.74) is 20.3. The van der Waals surface area contributed by atoms with Gasteiger partial charge in [-0.2, -0.15) is 0 Å². The van der Waals surface area contributed by atoms with Gasteiger partial charge >= 0.3 is 0 Å². The maximum atomic E-state index is 7.00. The number of hydrogen-bond donors (Lipinski definition) is 1. The quantitative estimate of drug-likeness (QED) is 0.330. The molecule has 0 aliphatic carbocycles. The highest BCUT2D eigenvalue weighted by Crippen LogP contribution is 2.40. The van der Waals surface area contributed by atoms with Crippen molar-refractivity contribution in [3.8, 4) is 0 Å². The first-order valence-electron chi connectivity index (χ1n) is 14.6. The third-order valence-corrected chi connectivity index (χ3v) is 8.00. The van der Waals surface area contributed by atoms with Crippen molar-refractivity contribution in [1.29, 1.82) is 0 Å². The van der Waals surface area contributed by atoms with E-state index in [9.17, 15) is 0 Å². The van der Waals surface area contributed by atoms with Crippen LogP contribution in [0.2, 0.25) is 0 Å². The lowest BCUT2D eigenvalue weighted by Crippen LogP contribution is -2.17. The number of aryl methyl sites for hydroxylation is 1. The topological polar surface area (TPSA) is 26.0 Å². The summed E-state index contributed by atoms with van der Waals surface area (Å²) in [7, 11) is 0. The van der Waals surface area contributed by atoms with Gasteiger partial charge in [0.05, 0.1) is 0 Å². The van der Waals surface area contributed by atoms with Crippen LogP contribution >= 0.6 is 0 Å². The lowest BCUT2D eigenvalue weighted by atomic mass is 9.77.